The first-order valence-electron chi connectivity index (χ1n) is 6.90. The first kappa shape index (κ1) is 13.3. The molecule has 1 aliphatic rings. The number of hydrogen-bond acceptors (Lipinski definition) is 4. The number of aromatic amines is 1. The molecule has 20 heavy (non-hydrogen) atoms. The lowest BCUT2D eigenvalue weighted by Crippen LogP contribution is -2.12. The van der Waals surface area contributed by atoms with E-state index in [4.69, 9.17) is 5.11 Å². The van der Waals surface area contributed by atoms with E-state index in [-0.39, 0.29) is 12.0 Å². The van der Waals surface area contributed by atoms with Crippen molar-refractivity contribution in [2.24, 2.45) is 0 Å². The SMILES string of the molecule is O=C(O)CCCCc1nc2sc3c(c2c(=O)[nH]1)CCC3. The van der Waals surface area contributed by atoms with Crippen LogP contribution < -0.4 is 5.56 Å². The van der Waals surface area contributed by atoms with Gasteiger partial charge >= 0.3 is 5.97 Å². The van der Waals surface area contributed by atoms with Crippen LogP contribution in [0.15, 0.2) is 4.79 Å². The van der Waals surface area contributed by atoms with Crippen LogP contribution in [0, 0.1) is 0 Å². The van der Waals surface area contributed by atoms with Gasteiger partial charge in [0, 0.05) is 17.7 Å². The summed E-state index contributed by atoms with van der Waals surface area (Å²) in [5.74, 6) is -0.107. The maximum atomic E-state index is 12.2. The highest BCUT2D eigenvalue weighted by atomic mass is 32.1. The Balaban J connectivity index is 1.80. The van der Waals surface area contributed by atoms with Crippen LogP contribution in [0.3, 0.4) is 0 Å². The molecule has 3 rings (SSSR count). The molecule has 2 heterocycles. The minimum absolute atomic E-state index is 0.0392. The average molecular weight is 292 g/mol. The lowest BCUT2D eigenvalue weighted by molar-refractivity contribution is -0.137. The monoisotopic (exact) mass is 292 g/mol. The number of H-pyrrole nitrogens is 1. The fourth-order valence-electron chi connectivity index (χ4n) is 2.73. The van der Waals surface area contributed by atoms with Crippen molar-refractivity contribution >= 4 is 27.5 Å². The third-order valence-electron chi connectivity index (χ3n) is 3.68. The van der Waals surface area contributed by atoms with Crippen LogP contribution in [0.4, 0.5) is 0 Å². The van der Waals surface area contributed by atoms with Gasteiger partial charge in [0.2, 0.25) is 0 Å². The molecule has 2 N–H and O–H groups in total. The van der Waals surface area contributed by atoms with Gasteiger partial charge in [-0.3, -0.25) is 9.59 Å². The third-order valence-corrected chi connectivity index (χ3v) is 4.86. The van der Waals surface area contributed by atoms with Crippen LogP contribution in [0.2, 0.25) is 0 Å². The second-order valence-corrected chi connectivity index (χ2v) is 6.23. The van der Waals surface area contributed by atoms with Crippen LogP contribution in [0.1, 0.15) is 41.9 Å². The molecule has 0 saturated heterocycles. The van der Waals surface area contributed by atoms with Crippen LogP contribution in [0.5, 0.6) is 0 Å². The molecule has 2 aromatic heterocycles. The number of aromatic nitrogens is 2. The van der Waals surface area contributed by atoms with Crippen molar-refractivity contribution in [2.45, 2.75) is 44.9 Å². The second kappa shape index (κ2) is 5.36. The van der Waals surface area contributed by atoms with E-state index in [2.05, 4.69) is 9.97 Å². The standard InChI is InChI=1S/C14H16N2O3S/c17-11(18)7-2-1-6-10-15-13(19)12-8-4-3-5-9(8)20-14(12)16-10/h1-7H2,(H,17,18)(H,15,16,19). The summed E-state index contributed by atoms with van der Waals surface area (Å²) in [6.45, 7) is 0. The van der Waals surface area contributed by atoms with E-state index in [1.54, 1.807) is 11.3 Å². The van der Waals surface area contributed by atoms with Gasteiger partial charge in [0.1, 0.15) is 10.7 Å². The molecule has 2 aromatic rings. The molecule has 0 unspecified atom stereocenters. The molecule has 0 radical (unpaired) electrons. The molecule has 0 bridgehead atoms. The van der Waals surface area contributed by atoms with Gasteiger partial charge in [-0.25, -0.2) is 4.98 Å². The number of nitrogens with zero attached hydrogens (tertiary/aromatic N) is 1. The Hall–Kier alpha value is -1.69. The molecule has 0 atom stereocenters. The highest BCUT2D eigenvalue weighted by Gasteiger charge is 2.20. The molecule has 0 aromatic carbocycles. The molecular formula is C14H16N2O3S. The van der Waals surface area contributed by atoms with Crippen LogP contribution in [0.25, 0.3) is 10.2 Å². The minimum atomic E-state index is -0.781. The van der Waals surface area contributed by atoms with Crippen LogP contribution in [-0.4, -0.2) is 21.0 Å². The normalized spacial score (nSPS) is 13.8. The minimum Gasteiger partial charge on any atom is -0.481 e. The van der Waals surface area contributed by atoms with Crippen molar-refractivity contribution < 1.29 is 9.90 Å². The quantitative estimate of drug-likeness (QED) is 0.828. The summed E-state index contributed by atoms with van der Waals surface area (Å²) < 4.78 is 0. The number of aryl methyl sites for hydroxylation is 3. The van der Waals surface area contributed by atoms with Gasteiger partial charge in [0.25, 0.3) is 5.56 Å². The fraction of sp³-hybridized carbons (Fsp3) is 0.500. The van der Waals surface area contributed by atoms with E-state index in [0.29, 0.717) is 18.7 Å². The van der Waals surface area contributed by atoms with E-state index >= 15 is 0 Å². The van der Waals surface area contributed by atoms with E-state index < -0.39 is 5.97 Å². The highest BCUT2D eigenvalue weighted by Crippen LogP contribution is 2.34. The van der Waals surface area contributed by atoms with Crippen molar-refractivity contribution in [3.63, 3.8) is 0 Å². The lowest BCUT2D eigenvalue weighted by Gasteiger charge is -2.01. The van der Waals surface area contributed by atoms with Gasteiger partial charge in [-0.1, -0.05) is 0 Å². The summed E-state index contributed by atoms with van der Waals surface area (Å²) in [6, 6.07) is 0. The maximum Gasteiger partial charge on any atom is 0.303 e. The van der Waals surface area contributed by atoms with E-state index in [1.807, 2.05) is 0 Å². The number of aliphatic carboxylic acids is 1. The van der Waals surface area contributed by atoms with Gasteiger partial charge in [-0.2, -0.15) is 0 Å². The van der Waals surface area contributed by atoms with Crippen LogP contribution >= 0.6 is 11.3 Å². The fourth-order valence-corrected chi connectivity index (χ4v) is 4.01. The zero-order chi connectivity index (χ0) is 14.1. The number of hydrogen-bond donors (Lipinski definition) is 2. The summed E-state index contributed by atoms with van der Waals surface area (Å²) in [6.07, 6.45) is 5.31. The van der Waals surface area contributed by atoms with Crippen LogP contribution in [-0.2, 0) is 24.1 Å². The van der Waals surface area contributed by atoms with Gasteiger partial charge in [0.05, 0.1) is 5.39 Å². The van der Waals surface area contributed by atoms with Gasteiger partial charge in [-0.15, -0.1) is 11.3 Å². The molecule has 0 fully saturated rings. The third kappa shape index (κ3) is 2.47. The number of carboxylic acid groups (broad SMARTS) is 1. The van der Waals surface area contributed by atoms with Gasteiger partial charge in [-0.05, 0) is 37.7 Å². The number of carbonyl (C=O) groups is 1. The van der Waals surface area contributed by atoms with Crippen molar-refractivity contribution in [2.75, 3.05) is 0 Å². The van der Waals surface area contributed by atoms with Gasteiger partial charge in [0.15, 0.2) is 0 Å². The smallest absolute Gasteiger partial charge is 0.303 e. The Kier molecular flexibility index (Phi) is 3.56. The molecule has 0 spiro atoms. The predicted octanol–water partition coefficient (Wildman–Crippen LogP) is 2.27. The number of unbranched alkanes of at least 4 members (excludes halogenated alkanes) is 1. The number of nitrogens with one attached hydrogen (secondary N) is 1. The lowest BCUT2D eigenvalue weighted by atomic mass is 10.1. The molecule has 6 heteroatoms. The van der Waals surface area contributed by atoms with Gasteiger partial charge < -0.3 is 10.1 Å². The number of rotatable bonds is 5. The molecule has 106 valence electrons. The zero-order valence-electron chi connectivity index (χ0n) is 11.1. The number of fused-ring (bicyclic) bond motifs is 3. The first-order chi connectivity index (χ1) is 9.65. The molecule has 0 amide bonds. The summed E-state index contributed by atoms with van der Waals surface area (Å²) in [5, 5.41) is 9.37. The van der Waals surface area contributed by atoms with E-state index in [1.165, 1.54) is 10.4 Å². The Morgan fingerprint density at radius 3 is 3.00 bits per heavy atom. The summed E-state index contributed by atoms with van der Waals surface area (Å²) >= 11 is 1.63. The first-order valence-corrected chi connectivity index (χ1v) is 7.72. The van der Waals surface area contributed by atoms with Crippen molar-refractivity contribution in [3.05, 3.63) is 26.6 Å². The Morgan fingerprint density at radius 2 is 2.20 bits per heavy atom. The zero-order valence-corrected chi connectivity index (χ0v) is 11.9. The van der Waals surface area contributed by atoms with Crippen molar-refractivity contribution in [1.82, 2.24) is 9.97 Å². The summed E-state index contributed by atoms with van der Waals surface area (Å²) in [5.41, 5.74) is 1.15. The maximum absolute atomic E-state index is 12.2. The van der Waals surface area contributed by atoms with Crippen molar-refractivity contribution in [1.29, 1.82) is 0 Å². The number of thiophene rings is 1. The topological polar surface area (TPSA) is 83.0 Å². The summed E-state index contributed by atoms with van der Waals surface area (Å²) in [7, 11) is 0. The Morgan fingerprint density at radius 1 is 1.35 bits per heavy atom. The Bertz CT molecular complexity index is 717. The molecule has 0 saturated carbocycles. The molecular weight excluding hydrogens is 276 g/mol. The molecule has 5 nitrogen and oxygen atoms in total. The summed E-state index contributed by atoms with van der Waals surface area (Å²) in [4.78, 5) is 32.2. The number of carboxylic acids is 1. The van der Waals surface area contributed by atoms with Crippen molar-refractivity contribution in [3.8, 4) is 0 Å². The predicted molar refractivity (Wildman–Crippen MR) is 77.5 cm³/mol. The molecule has 0 aliphatic heterocycles. The second-order valence-electron chi connectivity index (χ2n) is 5.15. The highest BCUT2D eigenvalue weighted by molar-refractivity contribution is 7.18. The van der Waals surface area contributed by atoms with E-state index in [0.717, 1.165) is 35.9 Å². The van der Waals surface area contributed by atoms with E-state index in [9.17, 15) is 9.59 Å². The molecule has 1 aliphatic carbocycles. The largest absolute Gasteiger partial charge is 0.481 e. The Labute approximate surface area is 119 Å². The average Bonchev–Trinajstić information content (AvgIpc) is 2.94.